The van der Waals surface area contributed by atoms with Crippen LogP contribution in [-0.4, -0.2) is 39.6 Å². The Morgan fingerprint density at radius 2 is 1.96 bits per heavy atom. The molecule has 0 aliphatic rings. The average molecular weight is 384 g/mol. The normalized spacial score (nSPS) is 10.6. The monoisotopic (exact) mass is 384 g/mol. The van der Waals surface area contributed by atoms with Crippen LogP contribution in [0.4, 0.5) is 5.69 Å². The van der Waals surface area contributed by atoms with E-state index in [0.717, 1.165) is 4.68 Å². The van der Waals surface area contributed by atoms with Crippen LogP contribution in [0.25, 0.3) is 11.7 Å². The number of furan rings is 1. The molecule has 0 radical (unpaired) electrons. The zero-order chi connectivity index (χ0) is 20.1. The standard InChI is InChI=1S/C19H20N4O5/c1-3-22(4-2)18(25)13-7-5-8-14(11-13)20-16(24)12-23-19(26)28-17(21-23)15-9-6-10-27-15/h5-11H,3-4,12H2,1-2H3,(H,20,24). The molecule has 0 atom stereocenters. The fraction of sp³-hybridized carbons (Fsp3) is 0.263. The van der Waals surface area contributed by atoms with Crippen molar-refractivity contribution in [3.05, 3.63) is 58.8 Å². The highest BCUT2D eigenvalue weighted by Crippen LogP contribution is 2.15. The second-order valence-corrected chi connectivity index (χ2v) is 5.91. The van der Waals surface area contributed by atoms with Crippen LogP contribution in [0.2, 0.25) is 0 Å². The zero-order valence-electron chi connectivity index (χ0n) is 15.5. The number of nitrogens with zero attached hydrogens (tertiary/aromatic N) is 3. The molecule has 1 N–H and O–H groups in total. The first-order valence-electron chi connectivity index (χ1n) is 8.82. The number of benzene rings is 1. The van der Waals surface area contributed by atoms with Crippen molar-refractivity contribution in [1.29, 1.82) is 0 Å². The zero-order valence-corrected chi connectivity index (χ0v) is 15.5. The van der Waals surface area contributed by atoms with Gasteiger partial charge in [0.25, 0.3) is 11.8 Å². The van der Waals surface area contributed by atoms with Crippen LogP contribution < -0.4 is 11.1 Å². The van der Waals surface area contributed by atoms with Gasteiger partial charge in [-0.15, -0.1) is 5.10 Å². The minimum atomic E-state index is -0.771. The van der Waals surface area contributed by atoms with Gasteiger partial charge in [0.05, 0.1) is 6.26 Å². The topological polar surface area (TPSA) is 111 Å². The van der Waals surface area contributed by atoms with E-state index in [1.165, 1.54) is 6.26 Å². The number of carbonyl (C=O) groups excluding carboxylic acids is 2. The van der Waals surface area contributed by atoms with Crippen molar-refractivity contribution < 1.29 is 18.4 Å². The number of nitrogens with one attached hydrogen (secondary N) is 1. The highest BCUT2D eigenvalue weighted by molar-refractivity contribution is 5.97. The van der Waals surface area contributed by atoms with Crippen LogP contribution in [0.1, 0.15) is 24.2 Å². The lowest BCUT2D eigenvalue weighted by molar-refractivity contribution is -0.117. The Balaban J connectivity index is 1.70. The van der Waals surface area contributed by atoms with Crippen LogP contribution in [0, 0.1) is 0 Å². The third-order valence-electron chi connectivity index (χ3n) is 4.08. The van der Waals surface area contributed by atoms with Gasteiger partial charge >= 0.3 is 5.76 Å². The lowest BCUT2D eigenvalue weighted by atomic mass is 10.1. The predicted octanol–water partition coefficient (Wildman–Crippen LogP) is 2.22. The van der Waals surface area contributed by atoms with Crippen molar-refractivity contribution in [3.8, 4) is 11.7 Å². The van der Waals surface area contributed by atoms with Crippen LogP contribution in [0.5, 0.6) is 0 Å². The number of aromatic nitrogens is 2. The smallest absolute Gasteiger partial charge is 0.437 e. The molecule has 9 heteroatoms. The van der Waals surface area contributed by atoms with Gasteiger partial charge < -0.3 is 19.1 Å². The maximum atomic E-state index is 12.4. The molecule has 0 spiro atoms. The van der Waals surface area contributed by atoms with Gasteiger partial charge in [0, 0.05) is 24.3 Å². The average Bonchev–Trinajstić information content (AvgIpc) is 3.33. The summed E-state index contributed by atoms with van der Waals surface area (Å²) >= 11 is 0. The Morgan fingerprint density at radius 3 is 2.64 bits per heavy atom. The van der Waals surface area contributed by atoms with Crippen molar-refractivity contribution >= 4 is 17.5 Å². The fourth-order valence-corrected chi connectivity index (χ4v) is 2.67. The van der Waals surface area contributed by atoms with Crippen molar-refractivity contribution in [2.75, 3.05) is 18.4 Å². The highest BCUT2D eigenvalue weighted by Gasteiger charge is 2.16. The summed E-state index contributed by atoms with van der Waals surface area (Å²) in [6, 6.07) is 9.86. The van der Waals surface area contributed by atoms with Crippen LogP contribution in [0.15, 0.2) is 56.3 Å². The highest BCUT2D eigenvalue weighted by atomic mass is 16.4. The van der Waals surface area contributed by atoms with Gasteiger partial charge in [-0.2, -0.15) is 4.68 Å². The molecule has 0 fully saturated rings. The van der Waals surface area contributed by atoms with Gasteiger partial charge in [0.1, 0.15) is 6.54 Å². The molecule has 2 aromatic heterocycles. The summed E-state index contributed by atoms with van der Waals surface area (Å²) < 4.78 is 11.0. The van der Waals surface area contributed by atoms with Crippen LogP contribution >= 0.6 is 0 Å². The Morgan fingerprint density at radius 1 is 1.18 bits per heavy atom. The van der Waals surface area contributed by atoms with E-state index in [1.807, 2.05) is 13.8 Å². The molecular formula is C19H20N4O5. The third kappa shape index (κ3) is 4.20. The SMILES string of the molecule is CCN(CC)C(=O)c1cccc(NC(=O)Cn2nc(-c3ccco3)oc2=O)c1. The lowest BCUT2D eigenvalue weighted by Gasteiger charge is -2.19. The Kier molecular flexibility index (Phi) is 5.73. The Hall–Kier alpha value is -3.62. The van der Waals surface area contributed by atoms with Crippen LogP contribution in [0.3, 0.4) is 0 Å². The first kappa shape index (κ1) is 19.2. The third-order valence-corrected chi connectivity index (χ3v) is 4.08. The summed E-state index contributed by atoms with van der Waals surface area (Å²) in [6.45, 7) is 4.66. The van der Waals surface area contributed by atoms with E-state index in [1.54, 1.807) is 41.3 Å². The van der Waals surface area contributed by atoms with E-state index >= 15 is 0 Å². The molecule has 2 amide bonds. The number of rotatable bonds is 7. The molecule has 3 aromatic rings. The van der Waals surface area contributed by atoms with Gasteiger partial charge in [0.15, 0.2) is 5.76 Å². The Bertz CT molecular complexity index is 1020. The molecule has 146 valence electrons. The van der Waals surface area contributed by atoms with Crippen molar-refractivity contribution in [2.24, 2.45) is 0 Å². The predicted molar refractivity (Wildman–Crippen MR) is 101 cm³/mol. The van der Waals surface area contributed by atoms with E-state index in [2.05, 4.69) is 10.4 Å². The van der Waals surface area contributed by atoms with Gasteiger partial charge in [0.2, 0.25) is 5.91 Å². The second-order valence-electron chi connectivity index (χ2n) is 5.91. The summed E-state index contributed by atoms with van der Waals surface area (Å²) in [6.07, 6.45) is 1.42. The summed E-state index contributed by atoms with van der Waals surface area (Å²) in [5.41, 5.74) is 0.922. The molecule has 0 aliphatic heterocycles. The molecule has 0 aliphatic carbocycles. The summed E-state index contributed by atoms with van der Waals surface area (Å²) in [7, 11) is 0. The molecule has 3 rings (SSSR count). The quantitative estimate of drug-likeness (QED) is 0.669. The second kappa shape index (κ2) is 8.38. The van der Waals surface area contributed by atoms with Crippen LogP contribution in [-0.2, 0) is 11.3 Å². The maximum Gasteiger partial charge on any atom is 0.437 e. The number of hydrogen-bond acceptors (Lipinski definition) is 6. The Labute approximate surface area is 160 Å². The first-order valence-corrected chi connectivity index (χ1v) is 8.82. The van der Waals surface area contributed by atoms with E-state index < -0.39 is 11.7 Å². The van der Waals surface area contributed by atoms with Gasteiger partial charge in [-0.25, -0.2) is 4.79 Å². The van der Waals surface area contributed by atoms with E-state index in [9.17, 15) is 14.4 Å². The van der Waals surface area contributed by atoms with Crippen molar-refractivity contribution in [2.45, 2.75) is 20.4 Å². The van der Waals surface area contributed by atoms with Crippen molar-refractivity contribution in [3.63, 3.8) is 0 Å². The minimum absolute atomic E-state index is 0.00498. The van der Waals surface area contributed by atoms with Crippen molar-refractivity contribution in [1.82, 2.24) is 14.7 Å². The maximum absolute atomic E-state index is 12.4. The largest absolute Gasteiger partial charge is 0.459 e. The fourth-order valence-electron chi connectivity index (χ4n) is 2.67. The molecule has 2 heterocycles. The van der Waals surface area contributed by atoms with E-state index in [0.29, 0.717) is 30.1 Å². The molecule has 0 saturated heterocycles. The molecule has 0 saturated carbocycles. The molecule has 1 aromatic carbocycles. The number of anilines is 1. The summed E-state index contributed by atoms with van der Waals surface area (Å²) in [4.78, 5) is 38.3. The van der Waals surface area contributed by atoms with E-state index in [4.69, 9.17) is 8.83 Å². The molecule has 0 bridgehead atoms. The number of hydrogen-bond donors (Lipinski definition) is 1. The summed E-state index contributed by atoms with van der Waals surface area (Å²) in [5.74, 6) is -1.08. The van der Waals surface area contributed by atoms with Gasteiger partial charge in [-0.1, -0.05) is 6.07 Å². The van der Waals surface area contributed by atoms with E-state index in [-0.39, 0.29) is 18.3 Å². The summed E-state index contributed by atoms with van der Waals surface area (Å²) in [5, 5.41) is 6.60. The molecule has 0 unspecified atom stereocenters. The number of amides is 2. The molecule has 28 heavy (non-hydrogen) atoms. The first-order chi connectivity index (χ1) is 13.5. The number of carbonyl (C=O) groups is 2. The van der Waals surface area contributed by atoms with Gasteiger partial charge in [-0.05, 0) is 44.2 Å². The molecular weight excluding hydrogens is 364 g/mol. The van der Waals surface area contributed by atoms with Gasteiger partial charge in [-0.3, -0.25) is 9.59 Å². The molecule has 9 nitrogen and oxygen atoms in total. The lowest BCUT2D eigenvalue weighted by Crippen LogP contribution is -2.30. The minimum Gasteiger partial charge on any atom is -0.459 e.